The molecule has 0 aliphatic carbocycles. The van der Waals surface area contributed by atoms with Crippen molar-refractivity contribution in [3.63, 3.8) is 0 Å². The Hall–Kier alpha value is 0.530. The zero-order valence-corrected chi connectivity index (χ0v) is 9.14. The summed E-state index contributed by atoms with van der Waals surface area (Å²) in [5.41, 5.74) is 0. The van der Waals surface area contributed by atoms with Crippen molar-refractivity contribution in [1.82, 2.24) is 9.97 Å². The predicted octanol–water partition coefficient (Wildman–Crippen LogP) is 3.61. The van der Waals surface area contributed by atoms with Crippen LogP contribution in [0.15, 0.2) is 6.07 Å². The summed E-state index contributed by atoms with van der Waals surface area (Å²) < 4.78 is -1.70. The smallest absolute Gasteiger partial charge is 0.216 e. The van der Waals surface area contributed by atoms with Crippen molar-refractivity contribution in [2.45, 2.75) is 3.79 Å². The van der Waals surface area contributed by atoms with Crippen molar-refractivity contribution in [2.75, 3.05) is 0 Å². The molecule has 0 fully saturated rings. The molecule has 2 nitrogen and oxygen atoms in total. The van der Waals surface area contributed by atoms with E-state index in [2.05, 4.69) is 9.97 Å². The first-order chi connectivity index (χ1) is 5.39. The molecule has 12 heavy (non-hydrogen) atoms. The van der Waals surface area contributed by atoms with Crippen LogP contribution in [0.25, 0.3) is 0 Å². The lowest BCUT2D eigenvalue weighted by molar-refractivity contribution is 0.970. The van der Waals surface area contributed by atoms with Gasteiger partial charge in [0.1, 0.15) is 10.3 Å². The van der Waals surface area contributed by atoms with Crippen molar-refractivity contribution >= 4 is 58.0 Å². The molecule has 0 spiro atoms. The van der Waals surface area contributed by atoms with Crippen molar-refractivity contribution in [3.05, 3.63) is 22.2 Å². The fourth-order valence-electron chi connectivity index (χ4n) is 0.517. The number of rotatable bonds is 0. The van der Waals surface area contributed by atoms with Gasteiger partial charge in [0, 0.05) is 6.07 Å². The van der Waals surface area contributed by atoms with Gasteiger partial charge in [-0.15, -0.1) is 0 Å². The first-order valence-electron chi connectivity index (χ1n) is 2.67. The topological polar surface area (TPSA) is 25.8 Å². The second-order valence-electron chi connectivity index (χ2n) is 1.83. The molecule has 0 radical (unpaired) electrons. The summed E-state index contributed by atoms with van der Waals surface area (Å²) in [6.45, 7) is 0. The Labute approximate surface area is 93.8 Å². The average Bonchev–Trinajstić information content (AvgIpc) is 1.82. The van der Waals surface area contributed by atoms with E-state index in [0.29, 0.717) is 0 Å². The third-order valence-electron chi connectivity index (χ3n) is 0.917. The van der Waals surface area contributed by atoms with Crippen LogP contribution in [0.4, 0.5) is 0 Å². The Morgan fingerprint density at radius 3 is 1.75 bits per heavy atom. The quantitative estimate of drug-likeness (QED) is 0.529. The normalized spacial score (nSPS) is 11.8. The minimum atomic E-state index is -1.70. The summed E-state index contributed by atoms with van der Waals surface area (Å²) in [6, 6.07) is 1.35. The molecule has 0 unspecified atom stereocenters. The zero-order valence-electron chi connectivity index (χ0n) is 5.36. The molecule has 0 amide bonds. The molecule has 1 rings (SSSR count). The maximum atomic E-state index is 5.54. The molecule has 0 N–H and O–H groups in total. The van der Waals surface area contributed by atoms with Gasteiger partial charge in [-0.25, -0.2) is 9.97 Å². The van der Waals surface area contributed by atoms with E-state index in [0.717, 1.165) is 0 Å². The highest BCUT2D eigenvalue weighted by atomic mass is 35.6. The molecule has 7 heteroatoms. The highest BCUT2D eigenvalue weighted by Crippen LogP contribution is 2.36. The molecule has 0 saturated heterocycles. The maximum Gasteiger partial charge on any atom is 0.250 e. The van der Waals surface area contributed by atoms with Gasteiger partial charge in [-0.1, -0.05) is 58.0 Å². The van der Waals surface area contributed by atoms with Gasteiger partial charge < -0.3 is 0 Å². The number of alkyl halides is 3. The van der Waals surface area contributed by atoms with Gasteiger partial charge in [-0.2, -0.15) is 0 Å². The lowest BCUT2D eigenvalue weighted by Crippen LogP contribution is -2.07. The molecule has 0 saturated carbocycles. The van der Waals surface area contributed by atoms with Crippen LogP contribution in [0.3, 0.4) is 0 Å². The summed E-state index contributed by atoms with van der Waals surface area (Å²) in [4.78, 5) is 7.36. The van der Waals surface area contributed by atoms with Crippen LogP contribution in [-0.2, 0) is 3.79 Å². The van der Waals surface area contributed by atoms with Crippen LogP contribution in [0.1, 0.15) is 5.82 Å². The Morgan fingerprint density at radius 1 is 1.00 bits per heavy atom. The maximum absolute atomic E-state index is 5.54. The molecular formula is C5HCl5N2. The van der Waals surface area contributed by atoms with E-state index in [4.69, 9.17) is 58.0 Å². The van der Waals surface area contributed by atoms with Crippen LogP contribution >= 0.6 is 58.0 Å². The second kappa shape index (κ2) is 3.72. The molecule has 1 aromatic rings. The minimum absolute atomic E-state index is 0.0370. The molecule has 0 bridgehead atoms. The van der Waals surface area contributed by atoms with Crippen molar-refractivity contribution in [2.24, 2.45) is 0 Å². The average molecular weight is 266 g/mol. The summed E-state index contributed by atoms with van der Waals surface area (Å²) in [6.07, 6.45) is 0. The third kappa shape index (κ3) is 2.79. The first kappa shape index (κ1) is 10.6. The van der Waals surface area contributed by atoms with E-state index < -0.39 is 3.79 Å². The molecular weight excluding hydrogens is 265 g/mol. The van der Waals surface area contributed by atoms with Crippen molar-refractivity contribution < 1.29 is 0 Å². The monoisotopic (exact) mass is 264 g/mol. The lowest BCUT2D eigenvalue weighted by atomic mass is 10.6. The third-order valence-corrected chi connectivity index (χ3v) is 1.81. The van der Waals surface area contributed by atoms with Gasteiger partial charge in [0.25, 0.3) is 0 Å². The number of hydrogen-bond acceptors (Lipinski definition) is 2. The lowest BCUT2D eigenvalue weighted by Gasteiger charge is -2.08. The summed E-state index contributed by atoms with van der Waals surface area (Å²) in [7, 11) is 0. The van der Waals surface area contributed by atoms with Gasteiger partial charge in [0.15, 0.2) is 5.82 Å². The van der Waals surface area contributed by atoms with E-state index >= 15 is 0 Å². The van der Waals surface area contributed by atoms with Gasteiger partial charge in [-0.3, -0.25) is 0 Å². The van der Waals surface area contributed by atoms with Gasteiger partial charge >= 0.3 is 0 Å². The summed E-state index contributed by atoms with van der Waals surface area (Å²) >= 11 is 27.6. The second-order valence-corrected chi connectivity index (χ2v) is 4.89. The van der Waals surface area contributed by atoms with Crippen molar-refractivity contribution in [3.8, 4) is 0 Å². The fourth-order valence-corrected chi connectivity index (χ4v) is 1.19. The number of halogens is 5. The van der Waals surface area contributed by atoms with E-state index in [9.17, 15) is 0 Å². The molecule has 0 aliphatic heterocycles. The van der Waals surface area contributed by atoms with E-state index in [-0.39, 0.29) is 16.1 Å². The molecule has 0 aromatic carbocycles. The zero-order chi connectivity index (χ0) is 9.35. The van der Waals surface area contributed by atoms with Gasteiger partial charge in [-0.05, 0) is 0 Å². The van der Waals surface area contributed by atoms with E-state index in [1.54, 1.807) is 0 Å². The predicted molar refractivity (Wildman–Crippen MR) is 51.3 cm³/mol. The van der Waals surface area contributed by atoms with Crippen LogP contribution in [0.5, 0.6) is 0 Å². The van der Waals surface area contributed by atoms with Crippen LogP contribution in [0.2, 0.25) is 10.3 Å². The largest absolute Gasteiger partial charge is 0.250 e. The Bertz CT molecular complexity index is 274. The number of nitrogens with zero attached hydrogens (tertiary/aromatic N) is 2. The van der Waals surface area contributed by atoms with Gasteiger partial charge in [0.2, 0.25) is 3.79 Å². The Morgan fingerprint density at radius 2 is 1.42 bits per heavy atom. The van der Waals surface area contributed by atoms with E-state index in [1.807, 2.05) is 0 Å². The van der Waals surface area contributed by atoms with Crippen molar-refractivity contribution in [1.29, 1.82) is 0 Å². The highest BCUT2D eigenvalue weighted by molar-refractivity contribution is 6.66. The highest BCUT2D eigenvalue weighted by Gasteiger charge is 2.27. The van der Waals surface area contributed by atoms with Gasteiger partial charge in [0.05, 0.1) is 0 Å². The summed E-state index contributed by atoms with van der Waals surface area (Å²) in [5, 5.41) is 0.271. The van der Waals surface area contributed by atoms with Crippen LogP contribution in [-0.4, -0.2) is 9.97 Å². The summed E-state index contributed by atoms with van der Waals surface area (Å²) in [5.74, 6) is -0.0370. The number of aromatic nitrogens is 2. The molecule has 1 aromatic heterocycles. The number of hydrogen-bond donors (Lipinski definition) is 0. The van der Waals surface area contributed by atoms with Crippen LogP contribution < -0.4 is 0 Å². The molecule has 0 aliphatic rings. The molecule has 0 atom stereocenters. The van der Waals surface area contributed by atoms with E-state index in [1.165, 1.54) is 6.07 Å². The molecule has 66 valence electrons. The first-order valence-corrected chi connectivity index (χ1v) is 4.56. The van der Waals surface area contributed by atoms with Crippen LogP contribution in [0, 0.1) is 0 Å². The Kier molecular flexibility index (Phi) is 3.29. The SMILES string of the molecule is Clc1cc(Cl)nc(C(Cl)(Cl)Cl)n1. The molecule has 1 heterocycles. The fraction of sp³-hybridized carbons (Fsp3) is 0.200. The Balaban J connectivity index is 3.18. The minimum Gasteiger partial charge on any atom is -0.216 e. The standard InChI is InChI=1S/C5HCl5N2/c6-2-1-3(7)12-4(11-2)5(8,9)10/h1H.